The van der Waals surface area contributed by atoms with Crippen LogP contribution in [0.25, 0.3) is 0 Å². The van der Waals surface area contributed by atoms with Gasteiger partial charge in [0.2, 0.25) is 5.91 Å². The highest BCUT2D eigenvalue weighted by Gasteiger charge is 2.42. The minimum absolute atomic E-state index is 0.143. The van der Waals surface area contributed by atoms with Crippen molar-refractivity contribution >= 4 is 33.4 Å². The summed E-state index contributed by atoms with van der Waals surface area (Å²) in [6, 6.07) is 11.9. The zero-order valence-electron chi connectivity index (χ0n) is 18.0. The van der Waals surface area contributed by atoms with Crippen LogP contribution < -0.4 is 10.0 Å². The van der Waals surface area contributed by atoms with Crippen LogP contribution in [0, 0.1) is 5.82 Å². The SMILES string of the molecule is CN1C(C(=O)Nc2ccc(F)c(Cl)c2)CC(c2ncc(Cc3ccccc3)n2C)NS1(=O)=O. The Labute approximate surface area is 196 Å². The average Bonchev–Trinajstić information content (AvgIpc) is 3.13. The average molecular weight is 492 g/mol. The summed E-state index contributed by atoms with van der Waals surface area (Å²) in [7, 11) is -0.788. The molecule has 2 atom stereocenters. The van der Waals surface area contributed by atoms with Crippen LogP contribution in [-0.2, 0) is 28.5 Å². The van der Waals surface area contributed by atoms with E-state index in [0.29, 0.717) is 12.2 Å². The van der Waals surface area contributed by atoms with E-state index >= 15 is 0 Å². The lowest BCUT2D eigenvalue weighted by Gasteiger charge is -2.35. The van der Waals surface area contributed by atoms with Gasteiger partial charge in [-0.2, -0.15) is 17.4 Å². The van der Waals surface area contributed by atoms with E-state index < -0.39 is 34.0 Å². The third-order valence-corrected chi connectivity index (χ3v) is 7.60. The summed E-state index contributed by atoms with van der Waals surface area (Å²) in [6.45, 7) is 0. The molecule has 4 rings (SSSR count). The van der Waals surface area contributed by atoms with Crippen LogP contribution in [0.3, 0.4) is 0 Å². The molecule has 1 aliphatic heterocycles. The molecule has 174 valence electrons. The second-order valence-electron chi connectivity index (χ2n) is 7.89. The number of likely N-dealkylation sites (N-methyl/N-ethyl adjacent to an activating group) is 1. The summed E-state index contributed by atoms with van der Waals surface area (Å²) in [5.41, 5.74) is 2.29. The Bertz CT molecular complexity index is 1280. The number of nitrogens with zero attached hydrogens (tertiary/aromatic N) is 3. The zero-order chi connectivity index (χ0) is 23.8. The van der Waals surface area contributed by atoms with E-state index in [9.17, 15) is 17.6 Å². The van der Waals surface area contributed by atoms with Crippen LogP contribution in [-0.4, -0.2) is 41.3 Å². The first-order valence-corrected chi connectivity index (χ1v) is 12.0. The first-order valence-electron chi connectivity index (χ1n) is 10.2. The fraction of sp³-hybridized carbons (Fsp3) is 0.273. The lowest BCUT2D eigenvalue weighted by molar-refractivity contribution is -0.120. The molecule has 2 unspecified atom stereocenters. The van der Waals surface area contributed by atoms with E-state index in [2.05, 4.69) is 15.0 Å². The fourth-order valence-corrected chi connectivity index (χ4v) is 5.26. The normalized spacial score (nSPS) is 20.5. The van der Waals surface area contributed by atoms with Crippen LogP contribution in [0.4, 0.5) is 10.1 Å². The van der Waals surface area contributed by atoms with Gasteiger partial charge in [-0.05, 0) is 30.2 Å². The van der Waals surface area contributed by atoms with Crippen LogP contribution in [0.1, 0.15) is 29.5 Å². The van der Waals surface area contributed by atoms with Gasteiger partial charge in [-0.15, -0.1) is 0 Å². The van der Waals surface area contributed by atoms with Crippen molar-refractivity contribution in [2.75, 3.05) is 12.4 Å². The molecule has 0 spiro atoms. The summed E-state index contributed by atoms with van der Waals surface area (Å²) >= 11 is 5.78. The van der Waals surface area contributed by atoms with Crippen LogP contribution >= 0.6 is 11.6 Å². The Kier molecular flexibility index (Phi) is 6.53. The molecule has 1 aliphatic rings. The van der Waals surface area contributed by atoms with E-state index in [0.717, 1.165) is 21.6 Å². The number of nitrogens with one attached hydrogen (secondary N) is 2. The fourth-order valence-electron chi connectivity index (χ4n) is 3.83. The predicted octanol–water partition coefficient (Wildman–Crippen LogP) is 3.02. The first-order chi connectivity index (χ1) is 15.7. The molecule has 2 heterocycles. The molecule has 2 aromatic carbocycles. The number of carbonyl (C=O) groups is 1. The van der Waals surface area contributed by atoms with Crippen molar-refractivity contribution in [3.63, 3.8) is 0 Å². The third kappa shape index (κ3) is 4.93. The molecule has 8 nitrogen and oxygen atoms in total. The number of rotatable bonds is 5. The van der Waals surface area contributed by atoms with Crippen molar-refractivity contribution in [1.29, 1.82) is 0 Å². The molecule has 0 aliphatic carbocycles. The second kappa shape index (κ2) is 9.22. The zero-order valence-corrected chi connectivity index (χ0v) is 19.6. The molecule has 1 aromatic heterocycles. The highest BCUT2D eigenvalue weighted by Crippen LogP contribution is 2.29. The van der Waals surface area contributed by atoms with E-state index in [1.165, 1.54) is 19.2 Å². The van der Waals surface area contributed by atoms with Gasteiger partial charge in [0.05, 0.1) is 11.1 Å². The molecule has 1 amide bonds. The van der Waals surface area contributed by atoms with Gasteiger partial charge in [0.25, 0.3) is 10.2 Å². The van der Waals surface area contributed by atoms with Gasteiger partial charge in [-0.1, -0.05) is 41.9 Å². The summed E-state index contributed by atoms with van der Waals surface area (Å²) in [4.78, 5) is 17.4. The molecule has 1 saturated heterocycles. The van der Waals surface area contributed by atoms with Gasteiger partial charge in [-0.3, -0.25) is 4.79 Å². The molecular weight excluding hydrogens is 469 g/mol. The van der Waals surface area contributed by atoms with Crippen molar-refractivity contribution in [3.8, 4) is 0 Å². The Balaban J connectivity index is 1.56. The summed E-state index contributed by atoms with van der Waals surface area (Å²) < 4.78 is 44.4. The Hall–Kier alpha value is -2.79. The van der Waals surface area contributed by atoms with E-state index in [-0.39, 0.29) is 17.1 Å². The maximum atomic E-state index is 13.4. The molecule has 0 bridgehead atoms. The number of anilines is 1. The number of hydrogen-bond donors (Lipinski definition) is 2. The molecule has 0 saturated carbocycles. The quantitative estimate of drug-likeness (QED) is 0.573. The molecular formula is C22H23ClFN5O3S. The number of benzene rings is 2. The van der Waals surface area contributed by atoms with Gasteiger partial charge >= 0.3 is 0 Å². The largest absolute Gasteiger partial charge is 0.333 e. The smallest absolute Gasteiger partial charge is 0.280 e. The molecule has 3 aromatic rings. The Morgan fingerprint density at radius 3 is 2.67 bits per heavy atom. The standard InChI is InChI=1S/C22H23ClFN5O3S/c1-28-16(10-14-6-4-3-5-7-14)13-25-21(28)19-12-20(29(2)33(31,32)27-19)22(30)26-15-8-9-18(24)17(23)11-15/h3-9,11,13,19-20,27H,10,12H2,1-2H3,(H,26,30). The number of imidazole rings is 1. The maximum absolute atomic E-state index is 13.4. The summed E-state index contributed by atoms with van der Waals surface area (Å²) in [5, 5.41) is 2.48. The van der Waals surface area contributed by atoms with Crippen LogP contribution in [0.5, 0.6) is 0 Å². The second-order valence-corrected chi connectivity index (χ2v) is 10.1. The van der Waals surface area contributed by atoms with Gasteiger partial charge in [0.15, 0.2) is 0 Å². The van der Waals surface area contributed by atoms with Crippen molar-refractivity contribution in [3.05, 3.63) is 82.6 Å². The highest BCUT2D eigenvalue weighted by atomic mass is 35.5. The van der Waals surface area contributed by atoms with Crippen molar-refractivity contribution < 1.29 is 17.6 Å². The maximum Gasteiger partial charge on any atom is 0.280 e. The summed E-state index contributed by atoms with van der Waals surface area (Å²) in [6.07, 6.45) is 2.51. The third-order valence-electron chi connectivity index (χ3n) is 5.72. The molecule has 11 heteroatoms. The van der Waals surface area contributed by atoms with Crippen LogP contribution in [0.15, 0.2) is 54.7 Å². The first kappa shape index (κ1) is 23.4. The highest BCUT2D eigenvalue weighted by molar-refractivity contribution is 7.87. The molecule has 0 radical (unpaired) electrons. The summed E-state index contributed by atoms with van der Waals surface area (Å²) in [5.74, 6) is -0.647. The molecule has 33 heavy (non-hydrogen) atoms. The minimum atomic E-state index is -3.94. The molecule has 2 N–H and O–H groups in total. The topological polar surface area (TPSA) is 96.3 Å². The minimum Gasteiger partial charge on any atom is -0.333 e. The van der Waals surface area contributed by atoms with Gasteiger partial charge in [0.1, 0.15) is 17.7 Å². The van der Waals surface area contributed by atoms with Gasteiger partial charge < -0.3 is 9.88 Å². The number of carbonyl (C=O) groups excluding carboxylic acids is 1. The van der Waals surface area contributed by atoms with Crippen molar-refractivity contribution in [1.82, 2.24) is 18.6 Å². The van der Waals surface area contributed by atoms with Crippen molar-refractivity contribution in [2.45, 2.75) is 24.9 Å². The lowest BCUT2D eigenvalue weighted by atomic mass is 10.1. The Morgan fingerprint density at radius 2 is 1.97 bits per heavy atom. The van der Waals surface area contributed by atoms with Gasteiger partial charge in [0, 0.05) is 38.1 Å². The Morgan fingerprint density at radius 1 is 1.24 bits per heavy atom. The van der Waals surface area contributed by atoms with Crippen LogP contribution in [0.2, 0.25) is 5.02 Å². The van der Waals surface area contributed by atoms with Gasteiger partial charge in [-0.25, -0.2) is 9.37 Å². The molecule has 1 fully saturated rings. The number of halogens is 2. The van der Waals surface area contributed by atoms with Crippen molar-refractivity contribution in [2.24, 2.45) is 7.05 Å². The monoisotopic (exact) mass is 491 g/mol. The van der Waals surface area contributed by atoms with E-state index in [1.807, 2.05) is 41.9 Å². The number of amides is 1. The lowest BCUT2D eigenvalue weighted by Crippen LogP contribution is -2.56. The number of hydrogen-bond acceptors (Lipinski definition) is 4. The predicted molar refractivity (Wildman–Crippen MR) is 123 cm³/mol. The van der Waals surface area contributed by atoms with E-state index in [1.54, 1.807) is 6.20 Å². The van der Waals surface area contributed by atoms with E-state index in [4.69, 9.17) is 11.6 Å². The number of aromatic nitrogens is 2.